The predicted octanol–water partition coefficient (Wildman–Crippen LogP) is 8.71. The van der Waals surface area contributed by atoms with E-state index in [0.717, 1.165) is 24.9 Å². The van der Waals surface area contributed by atoms with Gasteiger partial charge in [0.2, 0.25) is 0 Å². The Labute approximate surface area is 192 Å². The fourth-order valence-corrected chi connectivity index (χ4v) is 4.87. The third kappa shape index (κ3) is 11.0. The fraction of sp³-hybridized carbons (Fsp3) is 1.00. The molecule has 2 aliphatic carbocycles. The summed E-state index contributed by atoms with van der Waals surface area (Å²) in [6, 6.07) is 1.28. The van der Waals surface area contributed by atoms with Gasteiger partial charge in [-0.2, -0.15) is 13.1 Å². The number of hydrogen-bond acceptors (Lipinski definition) is 0. The Balaban J connectivity index is 0.00000122. The molecule has 5 heteroatoms. The Kier molecular flexibility index (Phi) is 13.2. The molecule has 0 aliphatic heterocycles. The molecular weight excluding hydrogens is 423 g/mol. The number of nitrogens with zero attached hydrogens (tertiary/aromatic N) is 2. The average Bonchev–Trinajstić information content (AvgIpc) is 2.61. The van der Waals surface area contributed by atoms with Crippen LogP contribution < -0.4 is 0 Å². The molecule has 0 saturated heterocycles. The summed E-state index contributed by atoms with van der Waals surface area (Å²) in [4.78, 5) is 0. The van der Waals surface area contributed by atoms with Gasteiger partial charge in [0.15, 0.2) is 0 Å². The molecule has 0 N–H and O–H groups in total. The molecule has 166 valence electrons. The van der Waals surface area contributed by atoms with E-state index < -0.39 is 17.0 Å². The molecule has 0 heterocycles. The van der Waals surface area contributed by atoms with Gasteiger partial charge in [-0.15, -0.1) is 12.1 Å². The number of hydrogen-bond donors (Lipinski definition) is 0. The summed E-state index contributed by atoms with van der Waals surface area (Å²) in [5, 5.41) is 9.93. The topological polar surface area (TPSA) is 28.2 Å². The molecule has 0 spiro atoms. The van der Waals surface area contributed by atoms with Crippen molar-refractivity contribution in [1.82, 2.24) is 0 Å². The van der Waals surface area contributed by atoms with Crippen LogP contribution in [0.5, 0.6) is 0 Å². The van der Waals surface area contributed by atoms with E-state index in [9.17, 15) is 0 Å². The monoisotopic (exact) mass is 466 g/mol. The second-order valence-corrected chi connectivity index (χ2v) is 13.6. The summed E-state index contributed by atoms with van der Waals surface area (Å²) in [6.07, 6.45) is 11.9. The van der Waals surface area contributed by atoms with Crippen molar-refractivity contribution in [2.45, 2.75) is 111 Å². The maximum atomic E-state index is 4.97. The first-order valence-corrected chi connectivity index (χ1v) is 15.7. The molecule has 0 aromatic carbocycles. The minimum atomic E-state index is -0.556. The van der Waals surface area contributed by atoms with Gasteiger partial charge in [0.1, 0.15) is 0 Å². The van der Waals surface area contributed by atoms with Gasteiger partial charge in [0.05, 0.1) is 0 Å². The minimum absolute atomic E-state index is 0.482. The van der Waals surface area contributed by atoms with E-state index in [4.69, 9.17) is 29.2 Å². The molecule has 28 heavy (non-hydrogen) atoms. The third-order valence-electron chi connectivity index (χ3n) is 6.93. The van der Waals surface area contributed by atoms with E-state index in [1.807, 2.05) is 0 Å². The van der Waals surface area contributed by atoms with Gasteiger partial charge in [-0.3, -0.25) is 0 Å². The van der Waals surface area contributed by atoms with Crippen molar-refractivity contribution in [3.63, 3.8) is 0 Å². The van der Waals surface area contributed by atoms with Crippen LogP contribution in [0.25, 0.3) is 10.6 Å². The van der Waals surface area contributed by atoms with E-state index in [-0.39, 0.29) is 0 Å². The van der Waals surface area contributed by atoms with Gasteiger partial charge in [0.25, 0.3) is 0 Å². The van der Waals surface area contributed by atoms with Crippen LogP contribution in [-0.4, -0.2) is 25.2 Å². The summed E-state index contributed by atoms with van der Waals surface area (Å²) in [7, 11) is 9.78. The summed E-state index contributed by atoms with van der Waals surface area (Å²) in [6.45, 7) is 16.4. The van der Waals surface area contributed by atoms with Crippen molar-refractivity contribution >= 4 is 18.6 Å². The van der Waals surface area contributed by atoms with Crippen molar-refractivity contribution in [2.75, 3.05) is 13.1 Å². The van der Waals surface area contributed by atoms with E-state index >= 15 is 0 Å². The van der Waals surface area contributed by atoms with Gasteiger partial charge >= 0.3 is 35.6 Å². The molecule has 0 aromatic heterocycles. The molecule has 2 rings (SSSR count). The van der Waals surface area contributed by atoms with Gasteiger partial charge < -0.3 is 10.6 Å². The van der Waals surface area contributed by atoms with E-state index in [0.29, 0.717) is 22.9 Å². The Hall–Kier alpha value is 1.21. The molecule has 0 amide bonds. The Morgan fingerprint density at radius 3 is 1.18 bits per heavy atom. The Morgan fingerprint density at radius 1 is 0.643 bits per heavy atom. The zero-order chi connectivity index (χ0) is 21.2. The summed E-state index contributed by atoms with van der Waals surface area (Å²) in [5.74, 6) is 1.80. The SMILES string of the molecule is CC(C)(C)C1CCC([N-]CCC[N-]C2CCC(C(C)(C)C)CC2)CC1.[Cl][Ti][Cl]. The van der Waals surface area contributed by atoms with Crippen LogP contribution in [0.1, 0.15) is 99.3 Å². The first-order valence-electron chi connectivity index (χ1n) is 11.4. The number of rotatable bonds is 6. The molecule has 2 aliphatic rings. The molecule has 0 radical (unpaired) electrons. The van der Waals surface area contributed by atoms with Gasteiger partial charge in [-0.25, -0.2) is 0 Å². The van der Waals surface area contributed by atoms with Crippen LogP contribution in [-0.2, 0) is 17.0 Å². The number of halogens is 2. The zero-order valence-electron chi connectivity index (χ0n) is 19.2. The van der Waals surface area contributed by atoms with Crippen LogP contribution in [0.15, 0.2) is 0 Å². The van der Waals surface area contributed by atoms with Crippen LogP contribution in [0, 0.1) is 22.7 Å². The van der Waals surface area contributed by atoms with Crippen LogP contribution in [0.4, 0.5) is 0 Å². The molecule has 0 atom stereocenters. The molecule has 0 bridgehead atoms. The second kappa shape index (κ2) is 13.6. The van der Waals surface area contributed by atoms with Gasteiger partial charge in [-0.1, -0.05) is 99.3 Å². The molecule has 0 aromatic rings. The van der Waals surface area contributed by atoms with Crippen molar-refractivity contribution in [1.29, 1.82) is 0 Å². The maximum absolute atomic E-state index is 4.97. The Bertz CT molecular complexity index is 354. The van der Waals surface area contributed by atoms with Crippen molar-refractivity contribution < 1.29 is 17.0 Å². The first-order chi connectivity index (χ1) is 13.1. The summed E-state index contributed by atoms with van der Waals surface area (Å²) in [5.41, 5.74) is 0.964. The van der Waals surface area contributed by atoms with Crippen LogP contribution in [0.3, 0.4) is 0 Å². The van der Waals surface area contributed by atoms with E-state index in [1.54, 1.807) is 0 Å². The zero-order valence-corrected chi connectivity index (χ0v) is 22.3. The van der Waals surface area contributed by atoms with Crippen molar-refractivity contribution in [2.24, 2.45) is 22.7 Å². The summed E-state index contributed by atoms with van der Waals surface area (Å²) >= 11 is -0.556. The molecular formula is C23H44Cl2N2Ti-2. The molecule has 2 nitrogen and oxygen atoms in total. The molecule has 0 unspecified atom stereocenters. The fourth-order valence-electron chi connectivity index (χ4n) is 4.87. The standard InChI is InChI=1S/C23H44N2.2ClH.Ti/c1-22(2,3)18-8-12-20(13-9-18)24-16-7-17-25-21-14-10-19(11-15-21)23(4,5)6;;;/h18-21H,7-17H2,1-6H3;2*1H;/q-2;;;+2/p-2. The van der Waals surface area contributed by atoms with Crippen LogP contribution in [0.2, 0.25) is 0 Å². The molecule has 2 fully saturated rings. The van der Waals surface area contributed by atoms with Gasteiger partial charge in [0, 0.05) is 0 Å². The van der Waals surface area contributed by atoms with Crippen molar-refractivity contribution in [3.05, 3.63) is 10.6 Å². The van der Waals surface area contributed by atoms with Crippen LogP contribution >= 0.6 is 18.6 Å². The third-order valence-corrected chi connectivity index (χ3v) is 6.93. The normalized spacial score (nSPS) is 29.0. The average molecular weight is 467 g/mol. The summed E-state index contributed by atoms with van der Waals surface area (Å²) < 4.78 is 0. The predicted molar refractivity (Wildman–Crippen MR) is 123 cm³/mol. The molecule has 2 saturated carbocycles. The quantitative estimate of drug-likeness (QED) is 0.276. The second-order valence-electron chi connectivity index (χ2n) is 11.0. The Morgan fingerprint density at radius 2 is 0.929 bits per heavy atom. The van der Waals surface area contributed by atoms with E-state index in [1.165, 1.54) is 57.8 Å². The van der Waals surface area contributed by atoms with Gasteiger partial charge in [-0.05, 0) is 22.7 Å². The van der Waals surface area contributed by atoms with Crippen molar-refractivity contribution in [3.8, 4) is 0 Å². The van der Waals surface area contributed by atoms with E-state index in [2.05, 4.69) is 41.5 Å². The first kappa shape index (κ1) is 27.2.